The molecule has 1 atom stereocenters. The van der Waals surface area contributed by atoms with Crippen molar-refractivity contribution in [3.05, 3.63) is 65.1 Å². The van der Waals surface area contributed by atoms with E-state index in [1.165, 1.54) is 0 Å². The van der Waals surface area contributed by atoms with Crippen LogP contribution in [0, 0.1) is 0 Å². The van der Waals surface area contributed by atoms with Crippen LogP contribution in [0.3, 0.4) is 0 Å². The minimum absolute atomic E-state index is 0.0119. The molecule has 0 radical (unpaired) electrons. The Bertz CT molecular complexity index is 724. The molecule has 3 nitrogen and oxygen atoms in total. The largest absolute Gasteiger partial charge is 0.457 e. The fourth-order valence-corrected chi connectivity index (χ4v) is 2.63. The first-order chi connectivity index (χ1) is 10.3. The van der Waals surface area contributed by atoms with Gasteiger partial charge in [-0.25, -0.2) is 0 Å². The highest BCUT2D eigenvalue weighted by molar-refractivity contribution is 6.34. The molecule has 0 bridgehead atoms. The van der Waals surface area contributed by atoms with E-state index < -0.39 is 0 Å². The summed E-state index contributed by atoms with van der Waals surface area (Å²) in [5.74, 6) is 0.861. The number of rotatable bonds is 5. The molecule has 0 aliphatic carbocycles. The highest BCUT2D eigenvalue weighted by Crippen LogP contribution is 2.31. The highest BCUT2D eigenvalue weighted by atomic mass is 35.5. The quantitative estimate of drug-likeness (QED) is 0.750. The Morgan fingerprint density at radius 3 is 2.90 bits per heavy atom. The number of aromatic nitrogens is 1. The van der Waals surface area contributed by atoms with Gasteiger partial charge in [0.2, 0.25) is 0 Å². The van der Waals surface area contributed by atoms with Crippen molar-refractivity contribution in [2.75, 3.05) is 6.54 Å². The number of pyridine rings is 1. The summed E-state index contributed by atoms with van der Waals surface area (Å²) in [5.41, 5.74) is 1.82. The Labute approximate surface area is 128 Å². The van der Waals surface area contributed by atoms with E-state index in [1.54, 1.807) is 6.20 Å². The first kappa shape index (κ1) is 14.1. The van der Waals surface area contributed by atoms with Gasteiger partial charge in [-0.2, -0.15) is 0 Å². The Morgan fingerprint density at radius 2 is 2.19 bits per heavy atom. The van der Waals surface area contributed by atoms with Crippen molar-refractivity contribution < 1.29 is 4.42 Å². The summed E-state index contributed by atoms with van der Waals surface area (Å²) >= 11 is 6.20. The zero-order valence-electron chi connectivity index (χ0n) is 11.8. The summed E-state index contributed by atoms with van der Waals surface area (Å²) in [6, 6.07) is 11.8. The second-order valence-electron chi connectivity index (χ2n) is 4.98. The van der Waals surface area contributed by atoms with Crippen LogP contribution < -0.4 is 5.32 Å². The van der Waals surface area contributed by atoms with Crippen molar-refractivity contribution >= 4 is 22.6 Å². The molecule has 3 aromatic rings. The van der Waals surface area contributed by atoms with Gasteiger partial charge < -0.3 is 9.73 Å². The molecule has 0 amide bonds. The van der Waals surface area contributed by atoms with Crippen LogP contribution >= 0.6 is 11.6 Å². The fraction of sp³-hybridized carbons (Fsp3) is 0.235. The molecule has 1 aromatic carbocycles. The van der Waals surface area contributed by atoms with Crippen molar-refractivity contribution in [3.63, 3.8) is 0 Å². The first-order valence-electron chi connectivity index (χ1n) is 7.11. The average molecular weight is 301 g/mol. The molecule has 0 aliphatic rings. The lowest BCUT2D eigenvalue weighted by molar-refractivity contribution is 0.469. The molecule has 0 saturated heterocycles. The molecule has 3 rings (SSSR count). The normalized spacial score (nSPS) is 12.7. The molecule has 21 heavy (non-hydrogen) atoms. The maximum Gasteiger partial charge on any atom is 0.152 e. The van der Waals surface area contributed by atoms with Crippen LogP contribution in [-0.2, 0) is 0 Å². The van der Waals surface area contributed by atoms with Gasteiger partial charge in [-0.15, -0.1) is 0 Å². The number of nitrogens with one attached hydrogen (secondary N) is 1. The smallest absolute Gasteiger partial charge is 0.152 e. The highest BCUT2D eigenvalue weighted by Gasteiger charge is 2.18. The van der Waals surface area contributed by atoms with Crippen LogP contribution in [0.4, 0.5) is 0 Å². The van der Waals surface area contributed by atoms with Gasteiger partial charge in [-0.05, 0) is 36.7 Å². The second-order valence-corrected chi connectivity index (χ2v) is 5.39. The minimum atomic E-state index is -0.0119. The third kappa shape index (κ3) is 2.94. The zero-order chi connectivity index (χ0) is 14.7. The molecule has 2 aromatic heterocycles. The van der Waals surface area contributed by atoms with Crippen LogP contribution in [0.25, 0.3) is 11.0 Å². The van der Waals surface area contributed by atoms with E-state index >= 15 is 0 Å². The molecule has 0 saturated carbocycles. The maximum absolute atomic E-state index is 6.20. The number of para-hydroxylation sites is 1. The van der Waals surface area contributed by atoms with Crippen molar-refractivity contribution in [1.29, 1.82) is 0 Å². The van der Waals surface area contributed by atoms with E-state index in [0.717, 1.165) is 35.3 Å². The van der Waals surface area contributed by atoms with Gasteiger partial charge in [0.15, 0.2) is 5.58 Å². The molecule has 1 unspecified atom stereocenters. The van der Waals surface area contributed by atoms with Crippen molar-refractivity contribution in [2.45, 2.75) is 19.4 Å². The van der Waals surface area contributed by atoms with Crippen LogP contribution in [0.15, 0.2) is 53.2 Å². The zero-order valence-corrected chi connectivity index (χ0v) is 12.6. The van der Waals surface area contributed by atoms with Crippen LogP contribution in [0.2, 0.25) is 5.02 Å². The molecule has 0 aliphatic heterocycles. The predicted molar refractivity (Wildman–Crippen MR) is 85.6 cm³/mol. The number of halogens is 1. The number of furan rings is 1. The summed E-state index contributed by atoms with van der Waals surface area (Å²) in [4.78, 5) is 4.20. The third-order valence-electron chi connectivity index (χ3n) is 3.42. The molecule has 2 heterocycles. The average Bonchev–Trinajstić information content (AvgIpc) is 2.94. The SMILES string of the molecule is CCCNC(c1cccnc1)c1cc2cccc(Cl)c2o1. The standard InChI is InChI=1S/C17H17ClN2O/c1-2-8-20-16(13-6-4-9-19-11-13)15-10-12-5-3-7-14(18)17(12)21-15/h3-7,9-11,16,20H,2,8H2,1H3. The van der Waals surface area contributed by atoms with Gasteiger partial charge in [0, 0.05) is 17.8 Å². The lowest BCUT2D eigenvalue weighted by atomic mass is 10.1. The second kappa shape index (κ2) is 6.29. The van der Waals surface area contributed by atoms with Crippen molar-refractivity contribution in [3.8, 4) is 0 Å². The summed E-state index contributed by atoms with van der Waals surface area (Å²) in [6.07, 6.45) is 4.69. The summed E-state index contributed by atoms with van der Waals surface area (Å²) in [7, 11) is 0. The van der Waals surface area contributed by atoms with Crippen LogP contribution in [-0.4, -0.2) is 11.5 Å². The lowest BCUT2D eigenvalue weighted by Gasteiger charge is -2.16. The van der Waals surface area contributed by atoms with E-state index in [-0.39, 0.29) is 6.04 Å². The number of benzene rings is 1. The monoisotopic (exact) mass is 300 g/mol. The minimum Gasteiger partial charge on any atom is -0.457 e. The Morgan fingerprint density at radius 1 is 1.29 bits per heavy atom. The van der Waals surface area contributed by atoms with Crippen molar-refractivity contribution in [2.24, 2.45) is 0 Å². The van der Waals surface area contributed by atoms with E-state index in [0.29, 0.717) is 5.02 Å². The molecule has 0 spiro atoms. The topological polar surface area (TPSA) is 38.1 Å². The molecule has 0 fully saturated rings. The summed E-state index contributed by atoms with van der Waals surface area (Å²) in [6.45, 7) is 3.05. The van der Waals surface area contributed by atoms with Crippen LogP contribution in [0.5, 0.6) is 0 Å². The van der Waals surface area contributed by atoms with Gasteiger partial charge in [0.1, 0.15) is 5.76 Å². The lowest BCUT2D eigenvalue weighted by Crippen LogP contribution is -2.22. The Hall–Kier alpha value is -1.84. The first-order valence-corrected chi connectivity index (χ1v) is 7.48. The Balaban J connectivity index is 2.03. The number of hydrogen-bond donors (Lipinski definition) is 1. The predicted octanol–water partition coefficient (Wildman–Crippen LogP) is 4.57. The van der Waals surface area contributed by atoms with E-state index in [1.807, 2.05) is 36.5 Å². The third-order valence-corrected chi connectivity index (χ3v) is 3.71. The van der Waals surface area contributed by atoms with Gasteiger partial charge >= 0.3 is 0 Å². The summed E-state index contributed by atoms with van der Waals surface area (Å²) in [5, 5.41) is 5.16. The molecule has 4 heteroatoms. The van der Waals surface area contributed by atoms with Crippen LogP contribution in [0.1, 0.15) is 30.7 Å². The van der Waals surface area contributed by atoms with E-state index in [4.69, 9.17) is 16.0 Å². The fourth-order valence-electron chi connectivity index (χ4n) is 2.41. The molecule has 108 valence electrons. The van der Waals surface area contributed by atoms with Gasteiger partial charge in [0.05, 0.1) is 11.1 Å². The number of nitrogens with zero attached hydrogens (tertiary/aromatic N) is 1. The van der Waals surface area contributed by atoms with Crippen molar-refractivity contribution in [1.82, 2.24) is 10.3 Å². The Kier molecular flexibility index (Phi) is 4.23. The molecular weight excluding hydrogens is 284 g/mol. The molecular formula is C17H17ClN2O. The number of fused-ring (bicyclic) bond motifs is 1. The van der Waals surface area contributed by atoms with E-state index in [2.05, 4.69) is 23.3 Å². The number of hydrogen-bond acceptors (Lipinski definition) is 3. The van der Waals surface area contributed by atoms with E-state index in [9.17, 15) is 0 Å². The van der Waals surface area contributed by atoms with Gasteiger partial charge in [0.25, 0.3) is 0 Å². The summed E-state index contributed by atoms with van der Waals surface area (Å²) < 4.78 is 5.99. The van der Waals surface area contributed by atoms with Gasteiger partial charge in [-0.3, -0.25) is 4.98 Å². The maximum atomic E-state index is 6.20. The van der Waals surface area contributed by atoms with Gasteiger partial charge in [-0.1, -0.05) is 36.7 Å². The molecule has 1 N–H and O–H groups in total.